The summed E-state index contributed by atoms with van der Waals surface area (Å²) in [6, 6.07) is 88.3. The summed E-state index contributed by atoms with van der Waals surface area (Å²) in [5.41, 5.74) is 15.7. The van der Waals surface area contributed by atoms with Crippen LogP contribution in [0.3, 0.4) is 0 Å². The van der Waals surface area contributed by atoms with Crippen molar-refractivity contribution in [3.63, 3.8) is 0 Å². The smallest absolute Gasteiger partial charge is 0.136 e. The molecule has 68 heavy (non-hydrogen) atoms. The highest BCUT2D eigenvalue weighted by Gasteiger charge is 2.21. The lowest BCUT2D eigenvalue weighted by atomic mass is 9.97. The number of para-hydroxylation sites is 3. The van der Waals surface area contributed by atoms with Gasteiger partial charge in [-0.05, 0) is 117 Å². The molecule has 0 aliphatic carbocycles. The van der Waals surface area contributed by atoms with E-state index in [2.05, 4.69) is 240 Å². The molecule has 318 valence electrons. The molecule has 0 aliphatic rings. The van der Waals surface area contributed by atoms with Crippen LogP contribution in [0.5, 0.6) is 0 Å². The Balaban J connectivity index is 0.946. The molecule has 0 saturated heterocycles. The van der Waals surface area contributed by atoms with Crippen molar-refractivity contribution in [2.24, 2.45) is 0 Å². The van der Waals surface area contributed by atoms with Gasteiger partial charge in [0.1, 0.15) is 11.2 Å². The summed E-state index contributed by atoms with van der Waals surface area (Å²) >= 11 is 1.87. The third kappa shape index (κ3) is 6.12. The molecule has 3 nitrogen and oxygen atoms in total. The van der Waals surface area contributed by atoms with Gasteiger partial charge in [0.2, 0.25) is 0 Å². The van der Waals surface area contributed by atoms with Crippen molar-refractivity contribution < 1.29 is 4.42 Å². The Labute approximate surface area is 396 Å². The first-order valence-electron chi connectivity index (χ1n) is 23.2. The predicted octanol–water partition coefficient (Wildman–Crippen LogP) is 18.7. The summed E-state index contributed by atoms with van der Waals surface area (Å²) in [6.07, 6.45) is 0. The van der Waals surface area contributed by atoms with Crippen molar-refractivity contribution in [2.75, 3.05) is 4.90 Å². The van der Waals surface area contributed by atoms with Crippen molar-refractivity contribution >= 4 is 103 Å². The average molecular weight is 885 g/mol. The zero-order valence-corrected chi connectivity index (χ0v) is 37.6. The summed E-state index contributed by atoms with van der Waals surface area (Å²) in [5.74, 6) is 0. The molecule has 3 aromatic heterocycles. The van der Waals surface area contributed by atoms with E-state index in [0.717, 1.165) is 55.8 Å². The van der Waals surface area contributed by atoms with E-state index in [1.807, 2.05) is 23.5 Å². The first-order valence-corrected chi connectivity index (χ1v) is 24.0. The van der Waals surface area contributed by atoms with Crippen LogP contribution >= 0.6 is 11.3 Å². The number of fused-ring (bicyclic) bond motifs is 10. The van der Waals surface area contributed by atoms with Gasteiger partial charge < -0.3 is 13.9 Å². The van der Waals surface area contributed by atoms with E-state index in [1.54, 1.807) is 0 Å². The van der Waals surface area contributed by atoms with Crippen molar-refractivity contribution in [1.29, 1.82) is 0 Å². The standard InChI is InChI=1S/C64H40N2OS/c1-2-15-49-41(13-1)14-11-20-50(49)42-27-33-45(34-28-42)65(46-35-29-43(30-36-46)51-21-12-25-61-63(51)55-19-5-9-24-60(55)67-61)48-39-56(64-57(40-48)54-18-6-10-26-62(54)68-64)44-31-37-47(38-32-44)66-58-22-7-3-16-52(58)53-17-4-8-23-59(53)66/h1-40H. The monoisotopic (exact) mass is 884 g/mol. The SMILES string of the molecule is c1ccc2c(-c3ccc(N(c4ccc(-c5cccc6oc7ccccc7c56)cc4)c4cc(-c5ccc(-n6c7ccccc7c7ccccc76)cc5)c5sc6ccccc6c5c4)cc3)cccc2c1. The van der Waals surface area contributed by atoms with Crippen molar-refractivity contribution in [3.8, 4) is 39.1 Å². The molecule has 0 aliphatic heterocycles. The normalized spacial score (nSPS) is 11.8. The Morgan fingerprint density at radius 3 is 1.62 bits per heavy atom. The van der Waals surface area contributed by atoms with Crippen LogP contribution < -0.4 is 4.90 Å². The van der Waals surface area contributed by atoms with E-state index in [-0.39, 0.29) is 0 Å². The number of furan rings is 1. The maximum atomic E-state index is 6.31. The zero-order chi connectivity index (χ0) is 44.7. The molecule has 0 fully saturated rings. The lowest BCUT2D eigenvalue weighted by Crippen LogP contribution is -2.10. The van der Waals surface area contributed by atoms with Gasteiger partial charge in [-0.2, -0.15) is 0 Å². The van der Waals surface area contributed by atoms with Gasteiger partial charge in [-0.15, -0.1) is 11.3 Å². The molecular weight excluding hydrogens is 845 g/mol. The van der Waals surface area contributed by atoms with Gasteiger partial charge in [0, 0.05) is 70.0 Å². The van der Waals surface area contributed by atoms with E-state index in [1.165, 1.54) is 75.0 Å². The molecule has 0 atom stereocenters. The Kier molecular flexibility index (Phi) is 8.76. The van der Waals surface area contributed by atoms with Gasteiger partial charge >= 0.3 is 0 Å². The number of anilines is 3. The molecule has 0 bridgehead atoms. The molecule has 0 unspecified atom stereocenters. The summed E-state index contributed by atoms with van der Waals surface area (Å²) in [5, 5.41) is 9.79. The molecule has 0 amide bonds. The highest BCUT2D eigenvalue weighted by Crippen LogP contribution is 2.47. The molecule has 14 rings (SSSR count). The van der Waals surface area contributed by atoms with Gasteiger partial charge in [0.05, 0.1) is 11.0 Å². The Morgan fingerprint density at radius 2 is 0.882 bits per heavy atom. The van der Waals surface area contributed by atoms with Gasteiger partial charge in [-0.25, -0.2) is 0 Å². The van der Waals surface area contributed by atoms with E-state index < -0.39 is 0 Å². The second-order valence-electron chi connectivity index (χ2n) is 17.6. The van der Waals surface area contributed by atoms with E-state index in [4.69, 9.17) is 4.42 Å². The fourth-order valence-corrected chi connectivity index (χ4v) is 11.9. The van der Waals surface area contributed by atoms with Gasteiger partial charge in [-0.1, -0.05) is 164 Å². The highest BCUT2D eigenvalue weighted by molar-refractivity contribution is 7.26. The van der Waals surface area contributed by atoms with E-state index in [0.29, 0.717) is 0 Å². The highest BCUT2D eigenvalue weighted by atomic mass is 32.1. The van der Waals surface area contributed by atoms with Crippen LogP contribution in [0.2, 0.25) is 0 Å². The molecule has 4 heteroatoms. The van der Waals surface area contributed by atoms with E-state index in [9.17, 15) is 0 Å². The quantitative estimate of drug-likeness (QED) is 0.159. The topological polar surface area (TPSA) is 21.3 Å². The Hall–Kier alpha value is -8.70. The summed E-state index contributed by atoms with van der Waals surface area (Å²) in [4.78, 5) is 2.42. The minimum atomic E-state index is 0.896. The molecule has 14 aromatic rings. The van der Waals surface area contributed by atoms with Crippen LogP contribution in [0.4, 0.5) is 17.1 Å². The first-order chi connectivity index (χ1) is 33.7. The Bertz CT molecular complexity index is 4190. The minimum absolute atomic E-state index is 0.896. The van der Waals surface area contributed by atoms with Crippen molar-refractivity contribution in [1.82, 2.24) is 4.57 Å². The van der Waals surface area contributed by atoms with Crippen molar-refractivity contribution in [2.45, 2.75) is 0 Å². The van der Waals surface area contributed by atoms with Crippen LogP contribution in [-0.4, -0.2) is 4.57 Å². The second kappa shape index (κ2) is 15.5. The fourth-order valence-electron chi connectivity index (χ4n) is 10.7. The maximum absolute atomic E-state index is 6.31. The maximum Gasteiger partial charge on any atom is 0.136 e. The second-order valence-corrected chi connectivity index (χ2v) is 18.7. The van der Waals surface area contributed by atoms with Gasteiger partial charge in [0.25, 0.3) is 0 Å². The van der Waals surface area contributed by atoms with Gasteiger partial charge in [-0.3, -0.25) is 0 Å². The number of thiophene rings is 1. The minimum Gasteiger partial charge on any atom is -0.456 e. The number of aromatic nitrogens is 1. The van der Waals surface area contributed by atoms with Crippen LogP contribution in [-0.2, 0) is 0 Å². The summed E-state index contributed by atoms with van der Waals surface area (Å²) < 4.78 is 11.3. The van der Waals surface area contributed by atoms with Crippen LogP contribution in [0.1, 0.15) is 0 Å². The van der Waals surface area contributed by atoms with Crippen LogP contribution in [0.15, 0.2) is 247 Å². The van der Waals surface area contributed by atoms with Crippen LogP contribution in [0.25, 0.3) is 114 Å². The number of rotatable bonds is 7. The molecule has 0 N–H and O–H groups in total. The molecule has 11 aromatic carbocycles. The molecule has 3 heterocycles. The molecule has 0 spiro atoms. The summed E-state index contributed by atoms with van der Waals surface area (Å²) in [7, 11) is 0. The summed E-state index contributed by atoms with van der Waals surface area (Å²) in [6.45, 7) is 0. The zero-order valence-electron chi connectivity index (χ0n) is 36.8. The number of benzene rings is 11. The molecular formula is C64H40N2OS. The third-order valence-electron chi connectivity index (χ3n) is 13.8. The predicted molar refractivity (Wildman–Crippen MR) is 289 cm³/mol. The van der Waals surface area contributed by atoms with Crippen LogP contribution in [0, 0.1) is 0 Å². The number of hydrogen-bond donors (Lipinski definition) is 0. The largest absolute Gasteiger partial charge is 0.456 e. The van der Waals surface area contributed by atoms with Gasteiger partial charge in [0.15, 0.2) is 0 Å². The molecule has 0 radical (unpaired) electrons. The average Bonchev–Trinajstić information content (AvgIpc) is 4.09. The lowest BCUT2D eigenvalue weighted by Gasteiger charge is -2.27. The Morgan fingerprint density at radius 1 is 0.353 bits per heavy atom. The fraction of sp³-hybridized carbons (Fsp3) is 0. The first kappa shape index (κ1) is 38.6. The lowest BCUT2D eigenvalue weighted by molar-refractivity contribution is 0.669. The molecule has 0 saturated carbocycles. The third-order valence-corrected chi connectivity index (χ3v) is 15.0. The number of nitrogens with zero attached hydrogens (tertiary/aromatic N) is 2. The number of hydrogen-bond acceptors (Lipinski definition) is 3. The van der Waals surface area contributed by atoms with Crippen molar-refractivity contribution in [3.05, 3.63) is 243 Å². The van der Waals surface area contributed by atoms with E-state index >= 15 is 0 Å².